The van der Waals surface area contributed by atoms with Crippen LogP contribution in [0, 0.1) is 0 Å². The highest BCUT2D eigenvalue weighted by atomic mass is 16.5. The Morgan fingerprint density at radius 1 is 1.64 bits per heavy atom. The van der Waals surface area contributed by atoms with Gasteiger partial charge in [-0.1, -0.05) is 0 Å². The molecule has 1 rings (SSSR count). The summed E-state index contributed by atoms with van der Waals surface area (Å²) in [4.78, 5) is 13.5. The number of carbonyl (C=O) groups excluding carboxylic acids is 1. The van der Waals surface area contributed by atoms with Crippen molar-refractivity contribution in [1.29, 1.82) is 0 Å². The first-order chi connectivity index (χ1) is 6.49. The van der Waals surface area contributed by atoms with Gasteiger partial charge in [-0.25, -0.2) is 4.79 Å². The summed E-state index contributed by atoms with van der Waals surface area (Å²) in [6.45, 7) is 7.32. The molecule has 14 heavy (non-hydrogen) atoms. The average Bonchev–Trinajstić information content (AvgIpc) is 2.50. The molecule has 0 aromatic heterocycles. The van der Waals surface area contributed by atoms with Gasteiger partial charge in [-0.3, -0.25) is 4.90 Å². The van der Waals surface area contributed by atoms with Crippen molar-refractivity contribution >= 4 is 5.97 Å². The van der Waals surface area contributed by atoms with Crippen molar-refractivity contribution < 1.29 is 14.6 Å². The number of esters is 1. The summed E-state index contributed by atoms with van der Waals surface area (Å²) in [5.74, 6) is -0.483. The van der Waals surface area contributed by atoms with Gasteiger partial charge in [-0.2, -0.15) is 0 Å². The molecule has 4 heteroatoms. The fourth-order valence-corrected chi connectivity index (χ4v) is 1.70. The van der Waals surface area contributed by atoms with Gasteiger partial charge in [0.25, 0.3) is 0 Å². The molecule has 1 atom stereocenters. The molecule has 0 radical (unpaired) electrons. The normalized spacial score (nSPS) is 28.4. The van der Waals surface area contributed by atoms with Gasteiger partial charge in [0.15, 0.2) is 5.60 Å². The second-order valence-electron chi connectivity index (χ2n) is 4.07. The van der Waals surface area contributed by atoms with E-state index in [1.807, 2.05) is 0 Å². The van der Waals surface area contributed by atoms with E-state index in [0.29, 0.717) is 25.6 Å². The first-order valence-electron chi connectivity index (χ1n) is 5.13. The SMILES string of the molecule is CCOC(=O)C1(O)CCN(C(C)C)C1. The molecule has 4 nitrogen and oxygen atoms in total. The molecule has 1 heterocycles. The molecule has 0 bridgehead atoms. The summed E-state index contributed by atoms with van der Waals surface area (Å²) >= 11 is 0. The third kappa shape index (κ3) is 2.25. The molecule has 1 N–H and O–H groups in total. The van der Waals surface area contributed by atoms with Crippen LogP contribution in [0.1, 0.15) is 27.2 Å². The Morgan fingerprint density at radius 3 is 2.71 bits per heavy atom. The lowest BCUT2D eigenvalue weighted by molar-refractivity contribution is -0.163. The molecule has 1 aliphatic rings. The van der Waals surface area contributed by atoms with Crippen LogP contribution in [-0.4, -0.2) is 47.3 Å². The van der Waals surface area contributed by atoms with Gasteiger partial charge < -0.3 is 9.84 Å². The largest absolute Gasteiger partial charge is 0.464 e. The Balaban J connectivity index is 2.57. The van der Waals surface area contributed by atoms with Gasteiger partial charge in [-0.05, 0) is 20.8 Å². The number of β-amino-alcohol motifs (C(OH)–C–C–N with tert-alkyl or cyclic N) is 1. The van der Waals surface area contributed by atoms with E-state index in [1.54, 1.807) is 6.92 Å². The first-order valence-corrected chi connectivity index (χ1v) is 5.13. The van der Waals surface area contributed by atoms with Crippen molar-refractivity contribution in [3.8, 4) is 0 Å². The van der Waals surface area contributed by atoms with Crippen LogP contribution in [0.5, 0.6) is 0 Å². The minimum atomic E-state index is -1.28. The Labute approximate surface area is 84.8 Å². The van der Waals surface area contributed by atoms with E-state index in [2.05, 4.69) is 18.7 Å². The summed E-state index contributed by atoms with van der Waals surface area (Å²) in [6, 6.07) is 0.360. The van der Waals surface area contributed by atoms with Crippen molar-refractivity contribution in [3.05, 3.63) is 0 Å². The zero-order valence-corrected chi connectivity index (χ0v) is 9.12. The summed E-state index contributed by atoms with van der Waals surface area (Å²) in [7, 11) is 0. The second-order valence-corrected chi connectivity index (χ2v) is 4.07. The molecule has 0 aliphatic carbocycles. The molecule has 1 fully saturated rings. The smallest absolute Gasteiger partial charge is 0.339 e. The van der Waals surface area contributed by atoms with Crippen LogP contribution in [0.2, 0.25) is 0 Å². The molecule has 1 unspecified atom stereocenters. The van der Waals surface area contributed by atoms with E-state index in [0.717, 1.165) is 6.54 Å². The van der Waals surface area contributed by atoms with Crippen LogP contribution in [0.3, 0.4) is 0 Å². The topological polar surface area (TPSA) is 49.8 Å². The molecule has 0 spiro atoms. The summed E-state index contributed by atoms with van der Waals surface area (Å²) in [5, 5.41) is 9.99. The molecule has 1 aliphatic heterocycles. The van der Waals surface area contributed by atoms with Crippen LogP contribution in [0.25, 0.3) is 0 Å². The number of hydrogen-bond acceptors (Lipinski definition) is 4. The highest BCUT2D eigenvalue weighted by Gasteiger charge is 2.44. The molecule has 82 valence electrons. The highest BCUT2D eigenvalue weighted by Crippen LogP contribution is 2.24. The zero-order valence-electron chi connectivity index (χ0n) is 9.12. The van der Waals surface area contributed by atoms with Crippen LogP contribution in [-0.2, 0) is 9.53 Å². The summed E-state index contributed by atoms with van der Waals surface area (Å²) in [5.41, 5.74) is -1.28. The van der Waals surface area contributed by atoms with Crippen LogP contribution in [0.4, 0.5) is 0 Å². The lowest BCUT2D eigenvalue weighted by Gasteiger charge is -2.23. The van der Waals surface area contributed by atoms with Gasteiger partial charge in [0.2, 0.25) is 0 Å². The third-order valence-electron chi connectivity index (χ3n) is 2.66. The van der Waals surface area contributed by atoms with Crippen molar-refractivity contribution in [2.24, 2.45) is 0 Å². The van der Waals surface area contributed by atoms with Gasteiger partial charge in [-0.15, -0.1) is 0 Å². The minimum absolute atomic E-state index is 0.322. The molecular formula is C10H19NO3. The van der Waals surface area contributed by atoms with E-state index in [9.17, 15) is 9.90 Å². The molecule has 0 aromatic rings. The monoisotopic (exact) mass is 201 g/mol. The number of nitrogens with zero attached hydrogens (tertiary/aromatic N) is 1. The lowest BCUT2D eigenvalue weighted by Crippen LogP contribution is -2.43. The maximum absolute atomic E-state index is 11.4. The molecule has 1 saturated heterocycles. The molecule has 0 amide bonds. The molecule has 0 saturated carbocycles. The van der Waals surface area contributed by atoms with Crippen molar-refractivity contribution in [1.82, 2.24) is 4.90 Å². The lowest BCUT2D eigenvalue weighted by atomic mass is 10.0. The number of hydrogen-bond donors (Lipinski definition) is 1. The summed E-state index contributed by atoms with van der Waals surface area (Å²) in [6.07, 6.45) is 0.476. The molecular weight excluding hydrogens is 182 g/mol. The number of rotatable bonds is 3. The maximum atomic E-state index is 11.4. The fraction of sp³-hybridized carbons (Fsp3) is 0.900. The number of ether oxygens (including phenoxy) is 1. The van der Waals surface area contributed by atoms with Gasteiger partial charge in [0.1, 0.15) is 0 Å². The zero-order chi connectivity index (χ0) is 10.8. The Kier molecular flexibility index (Phi) is 3.50. The van der Waals surface area contributed by atoms with Gasteiger partial charge in [0, 0.05) is 25.6 Å². The Morgan fingerprint density at radius 2 is 2.29 bits per heavy atom. The minimum Gasteiger partial charge on any atom is -0.464 e. The van der Waals surface area contributed by atoms with Crippen LogP contribution < -0.4 is 0 Å². The molecule has 0 aromatic carbocycles. The van der Waals surface area contributed by atoms with Crippen molar-refractivity contribution in [2.75, 3.05) is 19.7 Å². The van der Waals surface area contributed by atoms with Crippen molar-refractivity contribution in [2.45, 2.75) is 38.8 Å². The van der Waals surface area contributed by atoms with E-state index in [4.69, 9.17) is 4.74 Å². The Hall–Kier alpha value is -0.610. The fourth-order valence-electron chi connectivity index (χ4n) is 1.70. The standard InChI is InChI=1S/C10H19NO3/c1-4-14-9(12)10(13)5-6-11(7-10)8(2)3/h8,13H,4-7H2,1-3H3. The van der Waals surface area contributed by atoms with Crippen LogP contribution in [0.15, 0.2) is 0 Å². The van der Waals surface area contributed by atoms with Gasteiger partial charge in [0.05, 0.1) is 6.61 Å². The third-order valence-corrected chi connectivity index (χ3v) is 2.66. The second kappa shape index (κ2) is 4.28. The predicted molar refractivity (Wildman–Crippen MR) is 52.9 cm³/mol. The van der Waals surface area contributed by atoms with E-state index in [-0.39, 0.29) is 0 Å². The average molecular weight is 201 g/mol. The Bertz CT molecular complexity index is 217. The van der Waals surface area contributed by atoms with E-state index >= 15 is 0 Å². The van der Waals surface area contributed by atoms with Crippen LogP contribution >= 0.6 is 0 Å². The van der Waals surface area contributed by atoms with Gasteiger partial charge >= 0.3 is 5.97 Å². The van der Waals surface area contributed by atoms with Crippen molar-refractivity contribution in [3.63, 3.8) is 0 Å². The first kappa shape index (κ1) is 11.5. The predicted octanol–water partition coefficient (Wildman–Crippen LogP) is 0.395. The number of aliphatic hydroxyl groups is 1. The number of likely N-dealkylation sites (tertiary alicyclic amines) is 1. The van der Waals surface area contributed by atoms with E-state index < -0.39 is 11.6 Å². The van der Waals surface area contributed by atoms with E-state index in [1.165, 1.54) is 0 Å². The highest BCUT2D eigenvalue weighted by molar-refractivity contribution is 5.80. The maximum Gasteiger partial charge on any atom is 0.339 e. The summed E-state index contributed by atoms with van der Waals surface area (Å²) < 4.78 is 4.84. The quantitative estimate of drug-likeness (QED) is 0.671. The number of carbonyl (C=O) groups is 1.